The van der Waals surface area contributed by atoms with Gasteiger partial charge < -0.3 is 5.11 Å². The van der Waals surface area contributed by atoms with Crippen molar-refractivity contribution in [1.29, 1.82) is 0 Å². The Labute approximate surface area is 59.8 Å². The molecule has 9 heavy (non-hydrogen) atoms. The Morgan fingerprint density at radius 2 is 2.33 bits per heavy atom. The van der Waals surface area contributed by atoms with Gasteiger partial charge in [0.15, 0.2) is 0 Å². The number of aliphatic carboxylic acids is 1. The smallest absolute Gasteiger partial charge is 0.303 e. The molecule has 3 heteroatoms. The zero-order valence-corrected chi connectivity index (χ0v) is 6.19. The summed E-state index contributed by atoms with van der Waals surface area (Å²) in [7, 11) is 0. The first-order valence-electron chi connectivity index (χ1n) is 2.94. The summed E-state index contributed by atoms with van der Waals surface area (Å²) in [6, 6.07) is 0. The SMILES string of the molecule is CC(CCCl)CC(=O)O. The maximum absolute atomic E-state index is 10.0. The van der Waals surface area contributed by atoms with Gasteiger partial charge in [-0.05, 0) is 12.3 Å². The fourth-order valence-corrected chi connectivity index (χ4v) is 0.959. The third-order valence-electron chi connectivity index (χ3n) is 1.12. The van der Waals surface area contributed by atoms with E-state index in [0.29, 0.717) is 5.88 Å². The number of halogens is 1. The average Bonchev–Trinajstić information content (AvgIpc) is 1.63. The van der Waals surface area contributed by atoms with Crippen LogP contribution in [-0.4, -0.2) is 17.0 Å². The van der Waals surface area contributed by atoms with E-state index in [4.69, 9.17) is 16.7 Å². The van der Waals surface area contributed by atoms with Gasteiger partial charge in [0.25, 0.3) is 0 Å². The second-order valence-electron chi connectivity index (χ2n) is 2.18. The molecule has 0 radical (unpaired) electrons. The minimum Gasteiger partial charge on any atom is -0.481 e. The Morgan fingerprint density at radius 3 is 2.67 bits per heavy atom. The molecule has 0 rings (SSSR count). The van der Waals surface area contributed by atoms with Gasteiger partial charge in [0.2, 0.25) is 0 Å². The van der Waals surface area contributed by atoms with Crippen molar-refractivity contribution in [1.82, 2.24) is 0 Å². The molecular weight excluding hydrogens is 140 g/mol. The molecule has 0 aliphatic heterocycles. The molecule has 2 nitrogen and oxygen atoms in total. The third-order valence-corrected chi connectivity index (χ3v) is 1.34. The molecule has 54 valence electrons. The molecule has 0 bridgehead atoms. The van der Waals surface area contributed by atoms with E-state index in [1.807, 2.05) is 6.92 Å². The van der Waals surface area contributed by atoms with Gasteiger partial charge in [-0.1, -0.05) is 6.92 Å². The molecule has 0 spiro atoms. The summed E-state index contributed by atoms with van der Waals surface area (Å²) < 4.78 is 0. The quantitative estimate of drug-likeness (QED) is 0.620. The minimum atomic E-state index is -0.743. The first-order chi connectivity index (χ1) is 4.16. The lowest BCUT2D eigenvalue weighted by molar-refractivity contribution is -0.137. The van der Waals surface area contributed by atoms with Crippen molar-refractivity contribution >= 4 is 17.6 Å². The number of hydrogen-bond acceptors (Lipinski definition) is 1. The van der Waals surface area contributed by atoms with Crippen LogP contribution < -0.4 is 0 Å². The largest absolute Gasteiger partial charge is 0.481 e. The lowest BCUT2D eigenvalue weighted by atomic mass is 10.1. The average molecular weight is 151 g/mol. The Balaban J connectivity index is 3.26. The van der Waals surface area contributed by atoms with E-state index in [1.54, 1.807) is 0 Å². The highest BCUT2D eigenvalue weighted by atomic mass is 35.5. The van der Waals surface area contributed by atoms with Crippen LogP contribution in [0.4, 0.5) is 0 Å². The van der Waals surface area contributed by atoms with Gasteiger partial charge in [0, 0.05) is 12.3 Å². The van der Waals surface area contributed by atoms with E-state index >= 15 is 0 Å². The van der Waals surface area contributed by atoms with Gasteiger partial charge in [-0.25, -0.2) is 0 Å². The fourth-order valence-electron chi connectivity index (χ4n) is 0.586. The highest BCUT2D eigenvalue weighted by molar-refractivity contribution is 6.17. The van der Waals surface area contributed by atoms with Crippen LogP contribution in [0.15, 0.2) is 0 Å². The molecule has 0 aromatic carbocycles. The van der Waals surface area contributed by atoms with Crippen LogP contribution in [0.2, 0.25) is 0 Å². The monoisotopic (exact) mass is 150 g/mol. The molecule has 0 aliphatic carbocycles. The molecule has 0 saturated carbocycles. The molecule has 1 N–H and O–H groups in total. The molecule has 1 atom stereocenters. The first-order valence-corrected chi connectivity index (χ1v) is 3.48. The van der Waals surface area contributed by atoms with Crippen LogP contribution in [0.25, 0.3) is 0 Å². The Morgan fingerprint density at radius 1 is 1.78 bits per heavy atom. The van der Waals surface area contributed by atoms with Crippen LogP contribution in [0, 0.1) is 5.92 Å². The summed E-state index contributed by atoms with van der Waals surface area (Å²) in [6.45, 7) is 1.89. The molecular formula is C6H11ClO2. The number of carboxylic acids is 1. The maximum Gasteiger partial charge on any atom is 0.303 e. The number of alkyl halides is 1. The second-order valence-corrected chi connectivity index (χ2v) is 2.56. The van der Waals surface area contributed by atoms with Crippen molar-refractivity contribution < 1.29 is 9.90 Å². The van der Waals surface area contributed by atoms with E-state index in [2.05, 4.69) is 0 Å². The molecule has 0 heterocycles. The van der Waals surface area contributed by atoms with Gasteiger partial charge >= 0.3 is 5.97 Å². The lowest BCUT2D eigenvalue weighted by Crippen LogP contribution is -2.04. The minimum absolute atomic E-state index is 0.208. The lowest BCUT2D eigenvalue weighted by Gasteiger charge is -2.03. The fraction of sp³-hybridized carbons (Fsp3) is 0.833. The van der Waals surface area contributed by atoms with E-state index in [-0.39, 0.29) is 12.3 Å². The number of carbonyl (C=O) groups is 1. The van der Waals surface area contributed by atoms with Crippen LogP contribution >= 0.6 is 11.6 Å². The van der Waals surface area contributed by atoms with Crippen LogP contribution in [-0.2, 0) is 4.79 Å². The maximum atomic E-state index is 10.0. The van der Waals surface area contributed by atoms with E-state index in [9.17, 15) is 4.79 Å². The van der Waals surface area contributed by atoms with Crippen LogP contribution in [0.1, 0.15) is 19.8 Å². The predicted molar refractivity (Wildman–Crippen MR) is 36.8 cm³/mol. The van der Waals surface area contributed by atoms with Gasteiger partial charge in [-0.2, -0.15) is 0 Å². The van der Waals surface area contributed by atoms with Gasteiger partial charge in [0.1, 0.15) is 0 Å². The summed E-state index contributed by atoms with van der Waals surface area (Å²) in [4.78, 5) is 10.0. The van der Waals surface area contributed by atoms with E-state index in [1.165, 1.54) is 0 Å². The normalized spacial score (nSPS) is 13.1. The molecule has 0 amide bonds. The molecule has 0 aromatic rings. The molecule has 1 unspecified atom stereocenters. The highest BCUT2D eigenvalue weighted by Crippen LogP contribution is 2.07. The molecule has 0 saturated heterocycles. The third kappa shape index (κ3) is 5.63. The summed E-state index contributed by atoms with van der Waals surface area (Å²) in [5.41, 5.74) is 0. The van der Waals surface area contributed by atoms with Crippen molar-refractivity contribution in [2.75, 3.05) is 5.88 Å². The van der Waals surface area contributed by atoms with Crippen molar-refractivity contribution in [3.63, 3.8) is 0 Å². The predicted octanol–water partition coefficient (Wildman–Crippen LogP) is 1.73. The number of hydrogen-bond donors (Lipinski definition) is 1. The van der Waals surface area contributed by atoms with Gasteiger partial charge in [-0.3, -0.25) is 4.79 Å². The Bertz CT molecular complexity index is 93.1. The molecule has 0 fully saturated rings. The summed E-state index contributed by atoms with van der Waals surface area (Å²) in [5, 5.41) is 8.27. The van der Waals surface area contributed by atoms with Crippen molar-refractivity contribution in [2.45, 2.75) is 19.8 Å². The molecule has 0 aromatic heterocycles. The second kappa shape index (κ2) is 4.62. The summed E-state index contributed by atoms with van der Waals surface area (Å²) >= 11 is 5.39. The van der Waals surface area contributed by atoms with Crippen LogP contribution in [0.3, 0.4) is 0 Å². The van der Waals surface area contributed by atoms with Crippen molar-refractivity contribution in [3.8, 4) is 0 Å². The van der Waals surface area contributed by atoms with E-state index < -0.39 is 5.97 Å². The first kappa shape index (κ1) is 8.76. The van der Waals surface area contributed by atoms with Gasteiger partial charge in [0.05, 0.1) is 0 Å². The summed E-state index contributed by atoms with van der Waals surface area (Å²) in [6.07, 6.45) is 1.01. The van der Waals surface area contributed by atoms with Crippen LogP contribution in [0.5, 0.6) is 0 Å². The summed E-state index contributed by atoms with van der Waals surface area (Å²) in [5.74, 6) is 0.0154. The van der Waals surface area contributed by atoms with E-state index in [0.717, 1.165) is 6.42 Å². The number of carboxylic acid groups (broad SMARTS) is 1. The molecule has 0 aliphatic rings. The zero-order chi connectivity index (χ0) is 7.28. The number of rotatable bonds is 4. The Hall–Kier alpha value is -0.240. The Kier molecular flexibility index (Phi) is 4.50. The highest BCUT2D eigenvalue weighted by Gasteiger charge is 2.05. The standard InChI is InChI=1S/C6H11ClO2/c1-5(2-3-7)4-6(8)9/h5H,2-4H2,1H3,(H,8,9). The zero-order valence-electron chi connectivity index (χ0n) is 5.43. The van der Waals surface area contributed by atoms with Crippen molar-refractivity contribution in [2.24, 2.45) is 5.92 Å². The van der Waals surface area contributed by atoms with Gasteiger partial charge in [-0.15, -0.1) is 11.6 Å². The topological polar surface area (TPSA) is 37.3 Å². The van der Waals surface area contributed by atoms with Crippen molar-refractivity contribution in [3.05, 3.63) is 0 Å².